The van der Waals surface area contributed by atoms with Crippen molar-refractivity contribution in [2.45, 2.75) is 77.9 Å². The van der Waals surface area contributed by atoms with E-state index < -0.39 is 5.60 Å². The number of ether oxygens (including phenoxy) is 1. The zero-order chi connectivity index (χ0) is 18.3. The van der Waals surface area contributed by atoms with Gasteiger partial charge >= 0.3 is 6.09 Å². The summed E-state index contributed by atoms with van der Waals surface area (Å²) in [6.07, 6.45) is 7.03. The highest BCUT2D eigenvalue weighted by Crippen LogP contribution is 2.20. The lowest BCUT2D eigenvalue weighted by Crippen LogP contribution is -2.45. The predicted octanol–water partition coefficient (Wildman–Crippen LogP) is 3.13. The second-order valence-electron chi connectivity index (χ2n) is 8.28. The topological polar surface area (TPSA) is 66.0 Å². The summed E-state index contributed by atoms with van der Waals surface area (Å²) in [4.78, 5) is 18.9. The molecule has 0 aromatic rings. The van der Waals surface area contributed by atoms with Crippen LogP contribution in [-0.2, 0) is 4.74 Å². The minimum atomic E-state index is -0.439. The van der Waals surface area contributed by atoms with Crippen LogP contribution in [0.25, 0.3) is 0 Å². The van der Waals surface area contributed by atoms with Gasteiger partial charge in [0.05, 0.1) is 0 Å². The van der Waals surface area contributed by atoms with Crippen LogP contribution in [0.2, 0.25) is 0 Å². The van der Waals surface area contributed by atoms with Crippen molar-refractivity contribution in [3.63, 3.8) is 0 Å². The van der Waals surface area contributed by atoms with E-state index in [1.54, 1.807) is 0 Å². The molecule has 0 radical (unpaired) electrons. The number of piperidine rings is 1. The Morgan fingerprint density at radius 2 is 1.92 bits per heavy atom. The van der Waals surface area contributed by atoms with Gasteiger partial charge in [-0.05, 0) is 59.3 Å². The molecule has 1 unspecified atom stereocenters. The van der Waals surface area contributed by atoms with E-state index in [1.807, 2.05) is 25.7 Å². The molecule has 0 aromatic heterocycles. The first kappa shape index (κ1) is 19.9. The number of aliphatic imine (C=N–C) groups is 1. The van der Waals surface area contributed by atoms with E-state index in [9.17, 15) is 4.79 Å². The molecule has 1 amide bonds. The lowest BCUT2D eigenvalue weighted by molar-refractivity contribution is 0.0170. The van der Waals surface area contributed by atoms with Crippen molar-refractivity contribution >= 4 is 12.1 Å². The first-order chi connectivity index (χ1) is 11.9. The van der Waals surface area contributed by atoms with Crippen LogP contribution in [-0.4, -0.2) is 54.8 Å². The Hall–Kier alpha value is -1.46. The van der Waals surface area contributed by atoms with E-state index in [-0.39, 0.29) is 6.09 Å². The van der Waals surface area contributed by atoms with Gasteiger partial charge in [-0.1, -0.05) is 12.8 Å². The number of hydrogen-bond acceptors (Lipinski definition) is 3. The second-order valence-corrected chi connectivity index (χ2v) is 8.28. The number of nitrogens with zero attached hydrogens (tertiary/aromatic N) is 2. The van der Waals surface area contributed by atoms with Gasteiger partial charge in [0, 0.05) is 32.2 Å². The normalized spacial score (nSPS) is 22.8. The van der Waals surface area contributed by atoms with E-state index in [0.29, 0.717) is 12.0 Å². The highest BCUT2D eigenvalue weighted by Gasteiger charge is 2.27. The SMILES string of the molecule is CCNC(=NCC1CCCN(C(=O)OC(C)(C)C)C1)NC1CCCC1. The summed E-state index contributed by atoms with van der Waals surface area (Å²) in [5.74, 6) is 1.32. The summed E-state index contributed by atoms with van der Waals surface area (Å²) in [5, 5.41) is 6.90. The lowest BCUT2D eigenvalue weighted by atomic mass is 9.98. The van der Waals surface area contributed by atoms with Gasteiger partial charge in [-0.15, -0.1) is 0 Å². The largest absolute Gasteiger partial charge is 0.444 e. The van der Waals surface area contributed by atoms with E-state index in [1.165, 1.54) is 25.7 Å². The second kappa shape index (κ2) is 9.30. The summed E-state index contributed by atoms with van der Waals surface area (Å²) < 4.78 is 5.50. The highest BCUT2D eigenvalue weighted by atomic mass is 16.6. The van der Waals surface area contributed by atoms with Gasteiger partial charge in [0.1, 0.15) is 5.60 Å². The molecule has 2 fully saturated rings. The molecular formula is C19H36N4O2. The molecule has 2 aliphatic rings. The van der Waals surface area contributed by atoms with Crippen molar-refractivity contribution in [2.75, 3.05) is 26.2 Å². The van der Waals surface area contributed by atoms with Gasteiger partial charge in [-0.3, -0.25) is 4.99 Å². The minimum Gasteiger partial charge on any atom is -0.444 e. The number of carbonyl (C=O) groups is 1. The third-order valence-corrected chi connectivity index (χ3v) is 4.72. The Bertz CT molecular complexity index is 453. The van der Waals surface area contributed by atoms with Gasteiger partial charge in [0.25, 0.3) is 0 Å². The van der Waals surface area contributed by atoms with Crippen LogP contribution in [0.1, 0.15) is 66.2 Å². The Kier molecular flexibility index (Phi) is 7.38. The number of guanidine groups is 1. The monoisotopic (exact) mass is 352 g/mol. The zero-order valence-electron chi connectivity index (χ0n) is 16.4. The first-order valence-electron chi connectivity index (χ1n) is 9.90. The first-order valence-corrected chi connectivity index (χ1v) is 9.90. The van der Waals surface area contributed by atoms with Crippen molar-refractivity contribution in [3.8, 4) is 0 Å². The maximum Gasteiger partial charge on any atom is 0.410 e. The Labute approximate surface area is 152 Å². The summed E-state index contributed by atoms with van der Waals surface area (Å²) in [6, 6.07) is 0.558. The quantitative estimate of drug-likeness (QED) is 0.603. The third kappa shape index (κ3) is 7.12. The highest BCUT2D eigenvalue weighted by molar-refractivity contribution is 5.80. The predicted molar refractivity (Wildman–Crippen MR) is 102 cm³/mol. The van der Waals surface area contributed by atoms with Crippen molar-refractivity contribution in [2.24, 2.45) is 10.9 Å². The number of carbonyl (C=O) groups excluding carboxylic acids is 1. The lowest BCUT2D eigenvalue weighted by Gasteiger charge is -2.33. The summed E-state index contributed by atoms with van der Waals surface area (Å²) in [7, 11) is 0. The van der Waals surface area contributed by atoms with Crippen molar-refractivity contribution < 1.29 is 9.53 Å². The summed E-state index contributed by atoms with van der Waals surface area (Å²) in [5.41, 5.74) is -0.439. The van der Waals surface area contributed by atoms with Gasteiger partial charge < -0.3 is 20.3 Å². The van der Waals surface area contributed by atoms with Gasteiger partial charge in [-0.25, -0.2) is 4.79 Å². The van der Waals surface area contributed by atoms with Crippen LogP contribution >= 0.6 is 0 Å². The molecular weight excluding hydrogens is 316 g/mol. The Balaban J connectivity index is 1.85. The molecule has 1 aliphatic heterocycles. The molecule has 2 N–H and O–H groups in total. The van der Waals surface area contributed by atoms with Crippen LogP contribution in [0.3, 0.4) is 0 Å². The maximum atomic E-state index is 12.3. The van der Waals surface area contributed by atoms with Crippen LogP contribution in [0, 0.1) is 5.92 Å². The summed E-state index contributed by atoms with van der Waals surface area (Å²) >= 11 is 0. The van der Waals surface area contributed by atoms with Crippen molar-refractivity contribution in [1.82, 2.24) is 15.5 Å². The fourth-order valence-electron chi connectivity index (χ4n) is 3.51. The molecule has 25 heavy (non-hydrogen) atoms. The standard InChI is InChI=1S/C19H36N4O2/c1-5-20-17(22-16-10-6-7-11-16)21-13-15-9-8-12-23(14-15)18(24)25-19(2,3)4/h15-16H,5-14H2,1-4H3,(H2,20,21,22). The van der Waals surface area contributed by atoms with Crippen LogP contribution in [0.4, 0.5) is 4.79 Å². The van der Waals surface area contributed by atoms with Crippen LogP contribution in [0.5, 0.6) is 0 Å². The van der Waals surface area contributed by atoms with Gasteiger partial charge in [0.2, 0.25) is 0 Å². The fraction of sp³-hybridized carbons (Fsp3) is 0.895. The average Bonchev–Trinajstić information content (AvgIpc) is 3.04. The molecule has 1 heterocycles. The molecule has 1 atom stereocenters. The smallest absolute Gasteiger partial charge is 0.410 e. The van der Waals surface area contributed by atoms with E-state index in [2.05, 4.69) is 17.6 Å². The Morgan fingerprint density at radius 1 is 1.20 bits per heavy atom. The molecule has 0 spiro atoms. The van der Waals surface area contributed by atoms with Gasteiger partial charge in [-0.2, -0.15) is 0 Å². The average molecular weight is 353 g/mol. The number of nitrogens with one attached hydrogen (secondary N) is 2. The molecule has 1 aliphatic carbocycles. The maximum absolute atomic E-state index is 12.3. The van der Waals surface area contributed by atoms with Crippen LogP contribution in [0.15, 0.2) is 4.99 Å². The Morgan fingerprint density at radius 3 is 2.56 bits per heavy atom. The van der Waals surface area contributed by atoms with E-state index >= 15 is 0 Å². The number of hydrogen-bond donors (Lipinski definition) is 2. The fourth-order valence-corrected chi connectivity index (χ4v) is 3.51. The molecule has 1 saturated heterocycles. The number of amides is 1. The third-order valence-electron chi connectivity index (χ3n) is 4.72. The van der Waals surface area contributed by atoms with Crippen LogP contribution < -0.4 is 10.6 Å². The summed E-state index contributed by atoms with van der Waals surface area (Å²) in [6.45, 7) is 11.0. The zero-order valence-corrected chi connectivity index (χ0v) is 16.4. The minimum absolute atomic E-state index is 0.197. The molecule has 2 rings (SSSR count). The molecule has 6 nitrogen and oxygen atoms in total. The molecule has 144 valence electrons. The van der Waals surface area contributed by atoms with E-state index in [0.717, 1.165) is 45.0 Å². The molecule has 1 saturated carbocycles. The number of likely N-dealkylation sites (tertiary alicyclic amines) is 1. The molecule has 6 heteroatoms. The van der Waals surface area contributed by atoms with Crippen molar-refractivity contribution in [1.29, 1.82) is 0 Å². The molecule has 0 bridgehead atoms. The molecule has 0 aromatic carbocycles. The number of rotatable bonds is 4. The van der Waals surface area contributed by atoms with Gasteiger partial charge in [0.15, 0.2) is 5.96 Å². The van der Waals surface area contributed by atoms with Crippen molar-refractivity contribution in [3.05, 3.63) is 0 Å². The van der Waals surface area contributed by atoms with E-state index in [4.69, 9.17) is 9.73 Å².